The summed E-state index contributed by atoms with van der Waals surface area (Å²) in [6, 6.07) is 23.8. The summed E-state index contributed by atoms with van der Waals surface area (Å²) in [5.41, 5.74) is 4.12. The maximum Gasteiger partial charge on any atom is 0.256 e. The van der Waals surface area contributed by atoms with E-state index in [0.717, 1.165) is 44.3 Å². The second kappa shape index (κ2) is 13.9. The van der Waals surface area contributed by atoms with Crippen LogP contribution in [0.5, 0.6) is 5.75 Å². The summed E-state index contributed by atoms with van der Waals surface area (Å²) < 4.78 is 5.81. The molecule has 1 saturated heterocycles. The third-order valence-corrected chi connectivity index (χ3v) is 6.22. The number of rotatable bonds is 8. The lowest BCUT2D eigenvalue weighted by atomic mass is 10.0. The first-order chi connectivity index (χ1) is 15.6. The average molecular weight is 542 g/mol. The highest BCUT2D eigenvalue weighted by molar-refractivity contribution is 6.68. The fourth-order valence-corrected chi connectivity index (χ4v) is 4.20. The van der Waals surface area contributed by atoms with Crippen molar-refractivity contribution in [3.63, 3.8) is 0 Å². The molecular formula is C26H28Cl4N2O2. The van der Waals surface area contributed by atoms with Crippen LogP contribution in [-0.2, 0) is 6.54 Å². The highest BCUT2D eigenvalue weighted by Crippen LogP contribution is 2.23. The normalized spacial score (nSPS) is 14.1. The molecule has 0 atom stereocenters. The zero-order valence-electron chi connectivity index (χ0n) is 18.7. The molecule has 1 aliphatic heterocycles. The van der Waals surface area contributed by atoms with Gasteiger partial charge in [-0.15, -0.1) is 24.8 Å². The summed E-state index contributed by atoms with van der Waals surface area (Å²) >= 11 is 11.6. The van der Waals surface area contributed by atoms with E-state index in [0.29, 0.717) is 17.9 Å². The molecule has 1 fully saturated rings. The zero-order valence-corrected chi connectivity index (χ0v) is 21.8. The predicted octanol–water partition coefficient (Wildman–Crippen LogP) is 6.43. The quantitative estimate of drug-likeness (QED) is 0.308. The van der Waals surface area contributed by atoms with Crippen molar-refractivity contribution in [2.75, 3.05) is 39.3 Å². The zero-order chi connectivity index (χ0) is 22.3. The van der Waals surface area contributed by atoms with Crippen LogP contribution in [0.15, 0.2) is 72.8 Å². The number of carbonyl (C=O) groups excluding carboxylic acids is 1. The standard InChI is InChI=1S/C26H26Cl2N2O2.2ClH/c27-23-11-9-22(10-12-23)21-7-5-20(6-8-21)19-30-15-13-29(14-16-30)17-18-32-25-4-2-1-3-24(25)26(28)31;;/h1-12H,13-19H2;2*1H. The van der Waals surface area contributed by atoms with Gasteiger partial charge in [0.2, 0.25) is 0 Å². The van der Waals surface area contributed by atoms with Gasteiger partial charge >= 0.3 is 0 Å². The molecule has 1 heterocycles. The van der Waals surface area contributed by atoms with Gasteiger partial charge in [0.1, 0.15) is 12.4 Å². The lowest BCUT2D eigenvalue weighted by Crippen LogP contribution is -2.47. The van der Waals surface area contributed by atoms with E-state index in [-0.39, 0.29) is 24.8 Å². The van der Waals surface area contributed by atoms with Gasteiger partial charge in [0, 0.05) is 44.3 Å². The Morgan fingerprint density at radius 3 is 1.97 bits per heavy atom. The number of ether oxygens (including phenoxy) is 1. The van der Waals surface area contributed by atoms with Crippen molar-refractivity contribution in [3.05, 3.63) is 88.9 Å². The minimum atomic E-state index is -0.490. The lowest BCUT2D eigenvalue weighted by molar-refractivity contribution is 0.106. The molecule has 182 valence electrons. The highest BCUT2D eigenvalue weighted by Gasteiger charge is 2.17. The molecule has 0 N–H and O–H groups in total. The van der Waals surface area contributed by atoms with Crippen LogP contribution >= 0.6 is 48.0 Å². The van der Waals surface area contributed by atoms with E-state index >= 15 is 0 Å². The van der Waals surface area contributed by atoms with Crippen molar-refractivity contribution >= 4 is 53.3 Å². The van der Waals surface area contributed by atoms with Gasteiger partial charge in [-0.1, -0.05) is 60.1 Å². The van der Waals surface area contributed by atoms with Crippen LogP contribution in [-0.4, -0.2) is 54.4 Å². The monoisotopic (exact) mass is 540 g/mol. The Hall–Kier alpha value is -1.79. The summed E-state index contributed by atoms with van der Waals surface area (Å²) in [5.74, 6) is 0.549. The number of halogens is 4. The molecule has 0 radical (unpaired) electrons. The number of benzene rings is 3. The molecule has 0 bridgehead atoms. The van der Waals surface area contributed by atoms with Gasteiger partial charge in [-0.2, -0.15) is 0 Å². The lowest BCUT2D eigenvalue weighted by Gasteiger charge is -2.34. The molecule has 1 aliphatic rings. The van der Waals surface area contributed by atoms with E-state index in [1.54, 1.807) is 18.2 Å². The number of piperazine rings is 1. The molecule has 3 aromatic rings. The number of carbonyl (C=O) groups is 1. The Morgan fingerprint density at radius 1 is 0.794 bits per heavy atom. The summed E-state index contributed by atoms with van der Waals surface area (Å²) in [6.45, 7) is 6.37. The second-order valence-electron chi connectivity index (χ2n) is 7.94. The van der Waals surface area contributed by atoms with Crippen molar-refractivity contribution in [1.82, 2.24) is 9.80 Å². The third kappa shape index (κ3) is 7.88. The van der Waals surface area contributed by atoms with Crippen LogP contribution in [0.2, 0.25) is 5.02 Å². The van der Waals surface area contributed by atoms with Crippen molar-refractivity contribution in [1.29, 1.82) is 0 Å². The van der Waals surface area contributed by atoms with E-state index in [2.05, 4.69) is 34.1 Å². The fourth-order valence-electron chi connectivity index (χ4n) is 3.91. The molecule has 0 saturated carbocycles. The van der Waals surface area contributed by atoms with Gasteiger partial charge in [0.25, 0.3) is 5.24 Å². The van der Waals surface area contributed by atoms with Crippen molar-refractivity contribution < 1.29 is 9.53 Å². The Bertz CT molecular complexity index is 1040. The SMILES string of the molecule is Cl.Cl.O=C(Cl)c1ccccc1OCCN1CCN(Cc2ccc(-c3ccc(Cl)cc3)cc2)CC1. The molecule has 0 amide bonds. The van der Waals surface area contributed by atoms with E-state index < -0.39 is 5.24 Å². The Balaban J connectivity index is 0.00000204. The summed E-state index contributed by atoms with van der Waals surface area (Å²) in [6.07, 6.45) is 0. The van der Waals surface area contributed by atoms with Crippen molar-refractivity contribution in [2.24, 2.45) is 0 Å². The first-order valence-corrected chi connectivity index (χ1v) is 11.6. The molecule has 4 rings (SSSR count). The van der Waals surface area contributed by atoms with Gasteiger partial charge in [0.05, 0.1) is 5.56 Å². The first kappa shape index (κ1) is 28.4. The molecule has 34 heavy (non-hydrogen) atoms. The maximum absolute atomic E-state index is 11.5. The number of hydrogen-bond donors (Lipinski definition) is 0. The van der Waals surface area contributed by atoms with Crippen molar-refractivity contribution in [3.8, 4) is 16.9 Å². The Labute approximate surface area is 223 Å². The van der Waals surface area contributed by atoms with Gasteiger partial charge in [0.15, 0.2) is 0 Å². The summed E-state index contributed by atoms with van der Waals surface area (Å²) in [5, 5.41) is 0.265. The van der Waals surface area contributed by atoms with E-state index in [1.807, 2.05) is 30.3 Å². The molecule has 0 unspecified atom stereocenters. The maximum atomic E-state index is 11.5. The predicted molar refractivity (Wildman–Crippen MR) is 145 cm³/mol. The molecule has 0 aromatic heterocycles. The first-order valence-electron chi connectivity index (χ1n) is 10.8. The van der Waals surface area contributed by atoms with Crippen molar-refractivity contribution in [2.45, 2.75) is 6.54 Å². The summed E-state index contributed by atoms with van der Waals surface area (Å²) in [7, 11) is 0. The molecule has 3 aromatic carbocycles. The average Bonchev–Trinajstić information content (AvgIpc) is 2.81. The number of nitrogens with zero attached hydrogens (tertiary/aromatic N) is 2. The van der Waals surface area contributed by atoms with Crippen LogP contribution in [0.3, 0.4) is 0 Å². The van der Waals surface area contributed by atoms with E-state index in [1.165, 1.54) is 16.7 Å². The molecule has 0 aliphatic carbocycles. The largest absolute Gasteiger partial charge is 0.491 e. The number of para-hydroxylation sites is 1. The van der Waals surface area contributed by atoms with Crippen LogP contribution in [0.4, 0.5) is 0 Å². The second-order valence-corrected chi connectivity index (χ2v) is 8.72. The van der Waals surface area contributed by atoms with Crippen LogP contribution in [0.1, 0.15) is 15.9 Å². The Kier molecular flexibility index (Phi) is 11.7. The van der Waals surface area contributed by atoms with E-state index in [9.17, 15) is 4.79 Å². The Morgan fingerprint density at radius 2 is 1.35 bits per heavy atom. The van der Waals surface area contributed by atoms with Crippen LogP contribution in [0, 0.1) is 0 Å². The van der Waals surface area contributed by atoms with Crippen LogP contribution < -0.4 is 4.74 Å². The number of hydrogen-bond acceptors (Lipinski definition) is 4. The third-order valence-electron chi connectivity index (χ3n) is 5.77. The van der Waals surface area contributed by atoms with Gasteiger partial charge < -0.3 is 4.74 Å². The minimum Gasteiger partial charge on any atom is -0.491 e. The highest BCUT2D eigenvalue weighted by atomic mass is 35.5. The van der Waals surface area contributed by atoms with Gasteiger partial charge in [-0.05, 0) is 52.6 Å². The molecule has 8 heteroatoms. The fraction of sp³-hybridized carbons (Fsp3) is 0.269. The van der Waals surface area contributed by atoms with Gasteiger partial charge in [-0.3, -0.25) is 14.6 Å². The van der Waals surface area contributed by atoms with Crippen LogP contribution in [0.25, 0.3) is 11.1 Å². The minimum absolute atomic E-state index is 0. The smallest absolute Gasteiger partial charge is 0.256 e. The van der Waals surface area contributed by atoms with E-state index in [4.69, 9.17) is 27.9 Å². The molecular weight excluding hydrogens is 514 g/mol. The molecule has 0 spiro atoms. The van der Waals surface area contributed by atoms with Gasteiger partial charge in [-0.25, -0.2) is 0 Å². The topological polar surface area (TPSA) is 32.8 Å². The molecule has 4 nitrogen and oxygen atoms in total. The summed E-state index contributed by atoms with van der Waals surface area (Å²) in [4.78, 5) is 16.4.